The van der Waals surface area contributed by atoms with Crippen LogP contribution in [-0.2, 0) is 11.2 Å². The Kier molecular flexibility index (Phi) is 6.02. The highest BCUT2D eigenvalue weighted by molar-refractivity contribution is 5.78. The van der Waals surface area contributed by atoms with Gasteiger partial charge >= 0.3 is 0 Å². The summed E-state index contributed by atoms with van der Waals surface area (Å²) >= 11 is 0. The molecule has 0 saturated carbocycles. The van der Waals surface area contributed by atoms with Gasteiger partial charge in [0.15, 0.2) is 0 Å². The molecule has 5 nitrogen and oxygen atoms in total. The number of amides is 1. The van der Waals surface area contributed by atoms with E-state index >= 15 is 0 Å². The van der Waals surface area contributed by atoms with Gasteiger partial charge in [-0.15, -0.1) is 0 Å². The summed E-state index contributed by atoms with van der Waals surface area (Å²) in [6, 6.07) is 7.70. The number of ether oxygens (including phenoxy) is 1. The highest BCUT2D eigenvalue weighted by Gasteiger charge is 2.18. The smallest absolute Gasteiger partial charge is 0.227 e. The highest BCUT2D eigenvalue weighted by Crippen LogP contribution is 2.13. The molecule has 1 amide bonds. The van der Waals surface area contributed by atoms with Crippen LogP contribution in [-0.4, -0.2) is 62.1 Å². The first-order chi connectivity index (χ1) is 10.2. The molecule has 1 aromatic carbocycles. The molecule has 116 valence electrons. The Morgan fingerprint density at radius 2 is 1.95 bits per heavy atom. The third kappa shape index (κ3) is 4.72. The quantitative estimate of drug-likeness (QED) is 0.869. The Hall–Kier alpha value is -1.59. The van der Waals surface area contributed by atoms with Gasteiger partial charge in [-0.2, -0.15) is 0 Å². The molecule has 1 heterocycles. The Morgan fingerprint density at radius 1 is 1.19 bits per heavy atom. The van der Waals surface area contributed by atoms with Crippen LogP contribution in [0.3, 0.4) is 0 Å². The number of hydrogen-bond acceptors (Lipinski definition) is 4. The highest BCUT2D eigenvalue weighted by atomic mass is 16.5. The summed E-state index contributed by atoms with van der Waals surface area (Å²) in [5.74, 6) is 1.02. The van der Waals surface area contributed by atoms with Gasteiger partial charge in [-0.3, -0.25) is 4.79 Å². The van der Waals surface area contributed by atoms with Crippen LogP contribution in [0.4, 0.5) is 0 Å². The predicted molar refractivity (Wildman–Crippen MR) is 83.4 cm³/mol. The number of carbonyl (C=O) groups is 1. The van der Waals surface area contributed by atoms with E-state index in [0.29, 0.717) is 13.0 Å². The van der Waals surface area contributed by atoms with Crippen LogP contribution in [0.1, 0.15) is 12.0 Å². The van der Waals surface area contributed by atoms with E-state index in [1.165, 1.54) is 0 Å². The van der Waals surface area contributed by atoms with E-state index in [1.54, 1.807) is 7.11 Å². The molecular formula is C16H25N3O2. The van der Waals surface area contributed by atoms with Gasteiger partial charge in [-0.1, -0.05) is 12.1 Å². The second kappa shape index (κ2) is 8.00. The molecule has 2 rings (SSSR count). The van der Waals surface area contributed by atoms with Crippen molar-refractivity contribution in [3.05, 3.63) is 29.8 Å². The van der Waals surface area contributed by atoms with E-state index in [1.807, 2.05) is 29.2 Å². The van der Waals surface area contributed by atoms with Gasteiger partial charge in [-0.25, -0.2) is 0 Å². The summed E-state index contributed by atoms with van der Waals surface area (Å²) in [5, 5.41) is 0. The lowest BCUT2D eigenvalue weighted by Gasteiger charge is -2.21. The van der Waals surface area contributed by atoms with Gasteiger partial charge in [0.05, 0.1) is 13.5 Å². The minimum atomic E-state index is 0.203. The summed E-state index contributed by atoms with van der Waals surface area (Å²) in [5.41, 5.74) is 6.63. The number of methoxy groups -OCH3 is 1. The van der Waals surface area contributed by atoms with Gasteiger partial charge in [0, 0.05) is 32.7 Å². The van der Waals surface area contributed by atoms with Gasteiger partial charge in [-0.05, 0) is 30.7 Å². The third-order valence-electron chi connectivity index (χ3n) is 3.90. The van der Waals surface area contributed by atoms with Gasteiger partial charge in [0.25, 0.3) is 0 Å². The van der Waals surface area contributed by atoms with Crippen LogP contribution in [0.5, 0.6) is 5.75 Å². The zero-order valence-corrected chi connectivity index (χ0v) is 12.8. The van der Waals surface area contributed by atoms with Crippen molar-refractivity contribution in [1.82, 2.24) is 9.80 Å². The summed E-state index contributed by atoms with van der Waals surface area (Å²) in [4.78, 5) is 16.7. The van der Waals surface area contributed by atoms with Crippen LogP contribution in [0.2, 0.25) is 0 Å². The largest absolute Gasteiger partial charge is 0.497 e. The van der Waals surface area contributed by atoms with Gasteiger partial charge in [0.2, 0.25) is 5.91 Å². The lowest BCUT2D eigenvalue weighted by molar-refractivity contribution is -0.130. The van der Waals surface area contributed by atoms with Crippen LogP contribution in [0.15, 0.2) is 24.3 Å². The van der Waals surface area contributed by atoms with Crippen molar-refractivity contribution in [3.63, 3.8) is 0 Å². The molecule has 5 heteroatoms. The Bertz CT molecular complexity index is 447. The van der Waals surface area contributed by atoms with Crippen molar-refractivity contribution < 1.29 is 9.53 Å². The molecule has 0 aliphatic carbocycles. The molecule has 1 fully saturated rings. The van der Waals surface area contributed by atoms with Crippen LogP contribution >= 0.6 is 0 Å². The summed E-state index contributed by atoms with van der Waals surface area (Å²) < 4.78 is 5.13. The lowest BCUT2D eigenvalue weighted by atomic mass is 10.1. The maximum absolute atomic E-state index is 12.4. The number of benzene rings is 1. The maximum atomic E-state index is 12.4. The zero-order valence-electron chi connectivity index (χ0n) is 12.8. The number of rotatable bonds is 5. The first-order valence-corrected chi connectivity index (χ1v) is 7.56. The average molecular weight is 291 g/mol. The Labute approximate surface area is 126 Å². The maximum Gasteiger partial charge on any atom is 0.227 e. The standard InChI is InChI=1S/C16H25N3O2/c1-21-15-5-3-14(4-6-15)13-16(20)19-9-2-8-18(10-7-17)11-12-19/h3-6H,2,7-13,17H2,1H3. The van der Waals surface area contributed by atoms with E-state index in [9.17, 15) is 4.79 Å². The fourth-order valence-electron chi connectivity index (χ4n) is 2.66. The van der Waals surface area contributed by atoms with Crippen LogP contribution in [0, 0.1) is 0 Å². The molecule has 2 N–H and O–H groups in total. The van der Waals surface area contributed by atoms with Crippen LogP contribution < -0.4 is 10.5 Å². The van der Waals surface area contributed by atoms with Crippen molar-refractivity contribution in [3.8, 4) is 5.75 Å². The second-order valence-corrected chi connectivity index (χ2v) is 5.39. The number of nitrogens with zero attached hydrogens (tertiary/aromatic N) is 2. The molecule has 0 radical (unpaired) electrons. The first kappa shape index (κ1) is 15.8. The molecule has 0 aromatic heterocycles. The van der Waals surface area contributed by atoms with Crippen molar-refractivity contribution in [2.75, 3.05) is 46.4 Å². The zero-order chi connectivity index (χ0) is 15.1. The summed E-state index contributed by atoms with van der Waals surface area (Å²) in [6.45, 7) is 5.19. The number of hydrogen-bond donors (Lipinski definition) is 1. The topological polar surface area (TPSA) is 58.8 Å². The molecule has 1 aliphatic heterocycles. The fourth-order valence-corrected chi connectivity index (χ4v) is 2.66. The summed E-state index contributed by atoms with van der Waals surface area (Å²) in [7, 11) is 1.64. The molecule has 0 unspecified atom stereocenters. The van der Waals surface area contributed by atoms with E-state index in [0.717, 1.165) is 50.5 Å². The van der Waals surface area contributed by atoms with Crippen molar-refractivity contribution in [1.29, 1.82) is 0 Å². The van der Waals surface area contributed by atoms with Crippen molar-refractivity contribution in [2.45, 2.75) is 12.8 Å². The van der Waals surface area contributed by atoms with Crippen molar-refractivity contribution in [2.24, 2.45) is 5.73 Å². The van der Waals surface area contributed by atoms with Crippen LogP contribution in [0.25, 0.3) is 0 Å². The predicted octanol–water partition coefficient (Wildman–Crippen LogP) is 0.731. The van der Waals surface area contributed by atoms with Crippen molar-refractivity contribution >= 4 is 5.91 Å². The normalized spacial score (nSPS) is 16.6. The second-order valence-electron chi connectivity index (χ2n) is 5.39. The van der Waals surface area contributed by atoms with Gasteiger partial charge < -0.3 is 20.3 Å². The Balaban J connectivity index is 1.87. The minimum Gasteiger partial charge on any atom is -0.497 e. The molecular weight excluding hydrogens is 266 g/mol. The molecule has 0 spiro atoms. The number of nitrogens with two attached hydrogens (primary N) is 1. The molecule has 21 heavy (non-hydrogen) atoms. The molecule has 1 aliphatic rings. The monoisotopic (exact) mass is 291 g/mol. The average Bonchev–Trinajstić information content (AvgIpc) is 2.74. The molecule has 0 bridgehead atoms. The minimum absolute atomic E-state index is 0.203. The van der Waals surface area contributed by atoms with E-state index in [4.69, 9.17) is 10.5 Å². The Morgan fingerprint density at radius 3 is 2.62 bits per heavy atom. The molecule has 1 aromatic rings. The van der Waals surface area contributed by atoms with E-state index in [-0.39, 0.29) is 5.91 Å². The molecule has 1 saturated heterocycles. The van der Waals surface area contributed by atoms with Gasteiger partial charge in [0.1, 0.15) is 5.75 Å². The number of carbonyl (C=O) groups excluding carboxylic acids is 1. The third-order valence-corrected chi connectivity index (χ3v) is 3.90. The lowest BCUT2D eigenvalue weighted by Crippen LogP contribution is -2.37. The fraction of sp³-hybridized carbons (Fsp3) is 0.562. The summed E-state index contributed by atoms with van der Waals surface area (Å²) in [6.07, 6.45) is 1.48. The van der Waals surface area contributed by atoms with E-state index in [2.05, 4.69) is 4.90 Å². The first-order valence-electron chi connectivity index (χ1n) is 7.56. The van der Waals surface area contributed by atoms with E-state index < -0.39 is 0 Å². The molecule has 0 atom stereocenters. The SMILES string of the molecule is COc1ccc(CC(=O)N2CCCN(CCN)CC2)cc1.